The molecule has 1 aromatic rings. The van der Waals surface area contributed by atoms with Gasteiger partial charge in [-0.25, -0.2) is 4.98 Å². The lowest BCUT2D eigenvalue weighted by Gasteiger charge is -2.17. The minimum Gasteiger partial charge on any atom is -0.481 e. The molecule has 0 fully saturated rings. The van der Waals surface area contributed by atoms with Gasteiger partial charge in [0.2, 0.25) is 5.88 Å². The molecule has 0 saturated carbocycles. The summed E-state index contributed by atoms with van der Waals surface area (Å²) in [6.07, 6.45) is 2.08. The van der Waals surface area contributed by atoms with E-state index in [0.717, 1.165) is 5.56 Å². The minimum absolute atomic E-state index is 0.0856. The van der Waals surface area contributed by atoms with E-state index in [4.69, 9.17) is 9.84 Å². The molecule has 0 saturated heterocycles. The van der Waals surface area contributed by atoms with Crippen molar-refractivity contribution in [2.45, 2.75) is 20.3 Å². The minimum atomic E-state index is -0.777. The molecule has 0 amide bonds. The first kappa shape index (κ1) is 12.5. The number of methoxy groups -OCH3 is 1. The molecule has 1 heterocycles. The summed E-state index contributed by atoms with van der Waals surface area (Å²) in [6.45, 7) is 3.81. The van der Waals surface area contributed by atoms with Gasteiger partial charge in [0.1, 0.15) is 0 Å². The van der Waals surface area contributed by atoms with Crippen LogP contribution in [0, 0.1) is 11.8 Å². The maximum Gasteiger partial charge on any atom is 0.307 e. The van der Waals surface area contributed by atoms with Crippen molar-refractivity contribution in [3.63, 3.8) is 0 Å². The molecule has 0 spiro atoms. The Balaban J connectivity index is 2.89. The Morgan fingerprint density at radius 2 is 2.25 bits per heavy atom. The number of carboxylic acids is 1. The fraction of sp³-hybridized carbons (Fsp3) is 0.500. The van der Waals surface area contributed by atoms with E-state index in [2.05, 4.69) is 4.98 Å². The number of carbonyl (C=O) groups is 1. The maximum atomic E-state index is 11.1. The van der Waals surface area contributed by atoms with Crippen molar-refractivity contribution >= 4 is 5.97 Å². The van der Waals surface area contributed by atoms with Crippen molar-refractivity contribution in [3.05, 3.63) is 23.9 Å². The summed E-state index contributed by atoms with van der Waals surface area (Å²) in [5.74, 6) is -0.587. The third-order valence-electron chi connectivity index (χ3n) is 2.61. The molecule has 0 aliphatic rings. The average molecular weight is 223 g/mol. The first-order valence-corrected chi connectivity index (χ1v) is 5.27. The number of hydrogen-bond acceptors (Lipinski definition) is 3. The van der Waals surface area contributed by atoms with Crippen LogP contribution in [0.5, 0.6) is 5.88 Å². The normalized spacial score (nSPS) is 12.5. The molecule has 1 rings (SSSR count). The van der Waals surface area contributed by atoms with Crippen molar-refractivity contribution in [2.24, 2.45) is 11.8 Å². The van der Waals surface area contributed by atoms with Crippen LogP contribution in [-0.4, -0.2) is 23.2 Å². The lowest BCUT2D eigenvalue weighted by Crippen LogP contribution is -2.22. The Bertz CT molecular complexity index is 363. The maximum absolute atomic E-state index is 11.1. The number of aromatic nitrogens is 1. The predicted molar refractivity (Wildman–Crippen MR) is 60.5 cm³/mol. The SMILES string of the molecule is COc1ncccc1CC(C(=O)O)C(C)C. The van der Waals surface area contributed by atoms with E-state index in [-0.39, 0.29) is 5.92 Å². The lowest BCUT2D eigenvalue weighted by molar-refractivity contribution is -0.143. The summed E-state index contributed by atoms with van der Waals surface area (Å²) in [6, 6.07) is 3.64. The first-order chi connectivity index (χ1) is 7.56. The van der Waals surface area contributed by atoms with Crippen LogP contribution in [0.15, 0.2) is 18.3 Å². The second-order valence-corrected chi connectivity index (χ2v) is 4.06. The number of pyridine rings is 1. The molecule has 0 aromatic carbocycles. The van der Waals surface area contributed by atoms with Crippen LogP contribution in [0.4, 0.5) is 0 Å². The first-order valence-electron chi connectivity index (χ1n) is 5.27. The smallest absolute Gasteiger partial charge is 0.307 e. The summed E-state index contributed by atoms with van der Waals surface area (Å²) in [7, 11) is 1.54. The molecule has 1 N–H and O–H groups in total. The van der Waals surface area contributed by atoms with Crippen molar-refractivity contribution in [3.8, 4) is 5.88 Å². The zero-order valence-electron chi connectivity index (χ0n) is 9.80. The third-order valence-corrected chi connectivity index (χ3v) is 2.61. The number of rotatable bonds is 5. The highest BCUT2D eigenvalue weighted by Crippen LogP contribution is 2.22. The van der Waals surface area contributed by atoms with Crippen molar-refractivity contribution in [1.29, 1.82) is 0 Å². The summed E-state index contributed by atoms with van der Waals surface area (Å²) >= 11 is 0. The third kappa shape index (κ3) is 2.95. The Kier molecular flexibility index (Phi) is 4.28. The van der Waals surface area contributed by atoms with Crippen LogP contribution in [0.1, 0.15) is 19.4 Å². The van der Waals surface area contributed by atoms with Gasteiger partial charge in [-0.2, -0.15) is 0 Å². The van der Waals surface area contributed by atoms with Gasteiger partial charge in [0.15, 0.2) is 0 Å². The molecular weight excluding hydrogens is 206 g/mol. The van der Waals surface area contributed by atoms with Gasteiger partial charge >= 0.3 is 5.97 Å². The Morgan fingerprint density at radius 1 is 1.56 bits per heavy atom. The molecule has 0 bridgehead atoms. The largest absolute Gasteiger partial charge is 0.481 e. The monoisotopic (exact) mass is 223 g/mol. The standard InChI is InChI=1S/C12H17NO3/c1-8(2)10(12(14)15)7-9-5-4-6-13-11(9)16-3/h4-6,8,10H,7H2,1-3H3,(H,14,15). The van der Waals surface area contributed by atoms with Gasteiger partial charge in [-0.15, -0.1) is 0 Å². The van der Waals surface area contributed by atoms with E-state index in [1.54, 1.807) is 12.3 Å². The number of aliphatic carboxylic acids is 1. The Hall–Kier alpha value is -1.58. The van der Waals surface area contributed by atoms with Crippen LogP contribution >= 0.6 is 0 Å². The summed E-state index contributed by atoms with van der Waals surface area (Å²) in [4.78, 5) is 15.1. The lowest BCUT2D eigenvalue weighted by atomic mass is 9.90. The van der Waals surface area contributed by atoms with E-state index in [0.29, 0.717) is 12.3 Å². The fourth-order valence-corrected chi connectivity index (χ4v) is 1.61. The molecule has 16 heavy (non-hydrogen) atoms. The molecular formula is C12H17NO3. The number of carboxylic acid groups (broad SMARTS) is 1. The fourth-order valence-electron chi connectivity index (χ4n) is 1.61. The summed E-state index contributed by atoms with van der Waals surface area (Å²) in [5.41, 5.74) is 0.839. The van der Waals surface area contributed by atoms with Crippen molar-refractivity contribution < 1.29 is 14.6 Å². The van der Waals surface area contributed by atoms with Crippen LogP contribution in [-0.2, 0) is 11.2 Å². The number of ether oxygens (including phenoxy) is 1. The number of hydrogen-bond donors (Lipinski definition) is 1. The molecule has 4 heteroatoms. The van der Waals surface area contributed by atoms with Crippen LogP contribution in [0.2, 0.25) is 0 Å². The van der Waals surface area contributed by atoms with Crippen LogP contribution < -0.4 is 4.74 Å². The van der Waals surface area contributed by atoms with E-state index in [1.807, 2.05) is 19.9 Å². The molecule has 88 valence electrons. The van der Waals surface area contributed by atoms with Gasteiger partial charge in [0.05, 0.1) is 13.0 Å². The van der Waals surface area contributed by atoms with Gasteiger partial charge in [0, 0.05) is 11.8 Å². The zero-order valence-corrected chi connectivity index (χ0v) is 9.80. The van der Waals surface area contributed by atoms with Crippen LogP contribution in [0.3, 0.4) is 0 Å². The molecule has 4 nitrogen and oxygen atoms in total. The molecule has 0 aliphatic carbocycles. The molecule has 1 unspecified atom stereocenters. The highest BCUT2D eigenvalue weighted by atomic mass is 16.5. The topological polar surface area (TPSA) is 59.4 Å². The van der Waals surface area contributed by atoms with Gasteiger partial charge in [-0.1, -0.05) is 19.9 Å². The Morgan fingerprint density at radius 3 is 2.75 bits per heavy atom. The predicted octanol–water partition coefficient (Wildman–Crippen LogP) is 1.99. The van der Waals surface area contributed by atoms with E-state index in [9.17, 15) is 4.79 Å². The van der Waals surface area contributed by atoms with Gasteiger partial charge in [-0.05, 0) is 18.4 Å². The average Bonchev–Trinajstić information content (AvgIpc) is 2.25. The molecule has 1 aromatic heterocycles. The quantitative estimate of drug-likeness (QED) is 0.829. The highest BCUT2D eigenvalue weighted by molar-refractivity contribution is 5.70. The summed E-state index contributed by atoms with van der Waals surface area (Å²) < 4.78 is 5.10. The molecule has 0 aliphatic heterocycles. The van der Waals surface area contributed by atoms with E-state index < -0.39 is 11.9 Å². The highest BCUT2D eigenvalue weighted by Gasteiger charge is 2.23. The Labute approximate surface area is 95.3 Å². The second kappa shape index (κ2) is 5.49. The van der Waals surface area contributed by atoms with Gasteiger partial charge < -0.3 is 9.84 Å². The van der Waals surface area contributed by atoms with Crippen molar-refractivity contribution in [2.75, 3.05) is 7.11 Å². The molecule has 0 radical (unpaired) electrons. The van der Waals surface area contributed by atoms with Gasteiger partial charge in [-0.3, -0.25) is 4.79 Å². The summed E-state index contributed by atoms with van der Waals surface area (Å²) in [5, 5.41) is 9.11. The second-order valence-electron chi connectivity index (χ2n) is 4.06. The van der Waals surface area contributed by atoms with Crippen LogP contribution in [0.25, 0.3) is 0 Å². The van der Waals surface area contributed by atoms with E-state index >= 15 is 0 Å². The zero-order chi connectivity index (χ0) is 12.1. The van der Waals surface area contributed by atoms with Gasteiger partial charge in [0.25, 0.3) is 0 Å². The molecule has 1 atom stereocenters. The van der Waals surface area contributed by atoms with Crippen molar-refractivity contribution in [1.82, 2.24) is 4.98 Å². The van der Waals surface area contributed by atoms with E-state index in [1.165, 1.54) is 7.11 Å². The number of nitrogens with zero attached hydrogens (tertiary/aromatic N) is 1.